The van der Waals surface area contributed by atoms with Gasteiger partial charge in [0.1, 0.15) is 8.96 Å². The third-order valence-corrected chi connectivity index (χ3v) is 1.61. The van der Waals surface area contributed by atoms with E-state index in [2.05, 4.69) is 37.1 Å². The summed E-state index contributed by atoms with van der Waals surface area (Å²) >= 11 is 0. The molecule has 8 heavy (non-hydrogen) atoms. The van der Waals surface area contributed by atoms with Crippen molar-refractivity contribution in [3.8, 4) is 0 Å². The molecule has 0 fully saturated rings. The molecule has 0 saturated carbocycles. The molecule has 0 rings (SSSR count). The van der Waals surface area contributed by atoms with Crippen LogP contribution in [0.3, 0.4) is 0 Å². The van der Waals surface area contributed by atoms with Gasteiger partial charge in [0.15, 0.2) is 0 Å². The van der Waals surface area contributed by atoms with Gasteiger partial charge in [-0.25, -0.2) is 0 Å². The molecule has 0 aliphatic carbocycles. The van der Waals surface area contributed by atoms with Crippen LogP contribution < -0.4 is 4.98 Å². The first-order valence-electron chi connectivity index (χ1n) is 2.81. The molecule has 0 spiro atoms. The summed E-state index contributed by atoms with van der Waals surface area (Å²) < 4.78 is 0. The number of rotatable bonds is 3. The Labute approximate surface area is 53.6 Å². The summed E-state index contributed by atoms with van der Waals surface area (Å²) in [5.41, 5.74) is 0. The zero-order valence-electron chi connectivity index (χ0n) is 6.15. The molecule has 3 heteroatoms. The molecule has 0 aromatic rings. The van der Waals surface area contributed by atoms with E-state index >= 15 is 0 Å². The fourth-order valence-corrected chi connectivity index (χ4v) is 0.949. The van der Waals surface area contributed by atoms with E-state index in [4.69, 9.17) is 0 Å². The average Bonchev–Trinajstić information content (AvgIpc) is 1.61. The average molecular weight is 131 g/mol. The predicted octanol–water partition coefficient (Wildman–Crippen LogP) is 0.346. The van der Waals surface area contributed by atoms with Gasteiger partial charge >= 0.3 is 0 Å². The van der Waals surface area contributed by atoms with Crippen LogP contribution in [0, 0.1) is 0 Å². The van der Waals surface area contributed by atoms with Crippen LogP contribution in [0.5, 0.6) is 0 Å². The van der Waals surface area contributed by atoms with E-state index in [0.717, 1.165) is 6.67 Å². The van der Waals surface area contributed by atoms with Crippen molar-refractivity contribution >= 4 is 8.96 Å². The number of hydrogen-bond donors (Lipinski definition) is 1. The molecular formula is C5H15N2Si. The molecule has 1 N–H and O–H groups in total. The summed E-state index contributed by atoms with van der Waals surface area (Å²) in [6.45, 7) is 5.50. The molecule has 49 valence electrons. The van der Waals surface area contributed by atoms with Crippen molar-refractivity contribution in [2.75, 3.05) is 20.8 Å². The van der Waals surface area contributed by atoms with Gasteiger partial charge < -0.3 is 4.98 Å². The lowest BCUT2D eigenvalue weighted by molar-refractivity contribution is 0.403. The Kier molecular flexibility index (Phi) is 4.13. The van der Waals surface area contributed by atoms with Crippen molar-refractivity contribution < 1.29 is 0 Å². The maximum Gasteiger partial charge on any atom is 0.127 e. The van der Waals surface area contributed by atoms with Gasteiger partial charge in [0.25, 0.3) is 0 Å². The molecule has 0 aliphatic heterocycles. The van der Waals surface area contributed by atoms with Gasteiger partial charge in [0.2, 0.25) is 0 Å². The zero-order valence-corrected chi connectivity index (χ0v) is 7.15. The number of hydrogen-bond acceptors (Lipinski definition) is 2. The second-order valence-corrected chi connectivity index (χ2v) is 4.77. The van der Waals surface area contributed by atoms with E-state index in [0.29, 0.717) is 0 Å². The lowest BCUT2D eigenvalue weighted by Gasteiger charge is -2.11. The van der Waals surface area contributed by atoms with Crippen molar-refractivity contribution in [3.63, 3.8) is 0 Å². The molecule has 0 saturated heterocycles. The third kappa shape index (κ3) is 6.14. The monoisotopic (exact) mass is 131 g/mol. The largest absolute Gasteiger partial charge is 0.326 e. The van der Waals surface area contributed by atoms with E-state index in [9.17, 15) is 0 Å². The van der Waals surface area contributed by atoms with Crippen LogP contribution in [0.25, 0.3) is 0 Å². The maximum atomic E-state index is 3.37. The summed E-state index contributed by atoms with van der Waals surface area (Å²) in [7, 11) is 3.91. The second kappa shape index (κ2) is 4.06. The minimum absolute atomic E-state index is 0.221. The molecule has 0 aromatic heterocycles. The minimum Gasteiger partial charge on any atom is -0.326 e. The number of nitrogens with one attached hydrogen (secondary N) is 1. The first kappa shape index (κ1) is 8.14. The Morgan fingerprint density at radius 2 is 1.88 bits per heavy atom. The Balaban J connectivity index is 2.93. The van der Waals surface area contributed by atoms with Crippen molar-refractivity contribution in [2.45, 2.75) is 13.1 Å². The van der Waals surface area contributed by atoms with E-state index in [1.165, 1.54) is 0 Å². The van der Waals surface area contributed by atoms with Gasteiger partial charge in [0.05, 0.1) is 0 Å². The predicted molar refractivity (Wildman–Crippen MR) is 39.2 cm³/mol. The van der Waals surface area contributed by atoms with Crippen LogP contribution in [0.4, 0.5) is 0 Å². The molecule has 1 radical (unpaired) electrons. The first-order valence-corrected chi connectivity index (χ1v) is 5.31. The second-order valence-electron chi connectivity index (χ2n) is 2.41. The van der Waals surface area contributed by atoms with Crippen LogP contribution in [0.1, 0.15) is 0 Å². The highest BCUT2D eigenvalue weighted by molar-refractivity contribution is 6.52. The summed E-state index contributed by atoms with van der Waals surface area (Å²) in [6.07, 6.45) is 0. The zero-order chi connectivity index (χ0) is 6.57. The summed E-state index contributed by atoms with van der Waals surface area (Å²) in [4.78, 5) is 5.51. The fraction of sp³-hybridized carbons (Fsp3) is 1.00. The van der Waals surface area contributed by atoms with E-state index in [1.807, 2.05) is 0 Å². The first-order chi connectivity index (χ1) is 3.63. The molecule has 0 heterocycles. The Bertz CT molecular complexity index is 46.4. The third-order valence-electron chi connectivity index (χ3n) is 0.749. The molecule has 0 bridgehead atoms. The van der Waals surface area contributed by atoms with Crippen molar-refractivity contribution in [1.29, 1.82) is 0 Å². The summed E-state index contributed by atoms with van der Waals surface area (Å²) in [5.74, 6) is 0. The SMILES string of the molecule is CN(C)CN[Si](C)C. The Morgan fingerprint density at radius 1 is 1.38 bits per heavy atom. The van der Waals surface area contributed by atoms with Crippen LogP contribution in [0.2, 0.25) is 13.1 Å². The smallest absolute Gasteiger partial charge is 0.127 e. The molecule has 0 unspecified atom stereocenters. The van der Waals surface area contributed by atoms with Gasteiger partial charge in [0, 0.05) is 6.67 Å². The summed E-state index contributed by atoms with van der Waals surface area (Å²) in [5, 5.41) is 0. The van der Waals surface area contributed by atoms with Crippen molar-refractivity contribution in [1.82, 2.24) is 9.88 Å². The maximum absolute atomic E-state index is 3.37. The highest BCUT2D eigenvalue weighted by atomic mass is 28.3. The highest BCUT2D eigenvalue weighted by Crippen LogP contribution is 1.72. The van der Waals surface area contributed by atoms with Gasteiger partial charge in [-0.3, -0.25) is 4.90 Å². The Morgan fingerprint density at radius 3 is 2.00 bits per heavy atom. The van der Waals surface area contributed by atoms with Crippen LogP contribution in [-0.4, -0.2) is 34.6 Å². The number of nitrogens with zero attached hydrogens (tertiary/aromatic N) is 1. The van der Waals surface area contributed by atoms with Crippen LogP contribution >= 0.6 is 0 Å². The van der Waals surface area contributed by atoms with Gasteiger partial charge in [-0.1, -0.05) is 13.1 Å². The van der Waals surface area contributed by atoms with Gasteiger partial charge in [-0.05, 0) is 14.1 Å². The highest BCUT2D eigenvalue weighted by Gasteiger charge is 1.92. The van der Waals surface area contributed by atoms with E-state index in [-0.39, 0.29) is 8.96 Å². The van der Waals surface area contributed by atoms with Crippen molar-refractivity contribution in [3.05, 3.63) is 0 Å². The molecule has 2 nitrogen and oxygen atoms in total. The Hall–Kier alpha value is 0.137. The summed E-state index contributed by atoms with van der Waals surface area (Å²) in [6, 6.07) is 0. The topological polar surface area (TPSA) is 15.3 Å². The lowest BCUT2D eigenvalue weighted by Crippen LogP contribution is -2.35. The molecule has 0 aliphatic rings. The van der Waals surface area contributed by atoms with E-state index in [1.54, 1.807) is 0 Å². The van der Waals surface area contributed by atoms with Crippen molar-refractivity contribution in [2.24, 2.45) is 0 Å². The van der Waals surface area contributed by atoms with E-state index < -0.39 is 0 Å². The molecular weight excluding hydrogens is 116 g/mol. The minimum atomic E-state index is -0.221. The quantitative estimate of drug-likeness (QED) is 0.439. The van der Waals surface area contributed by atoms with Crippen LogP contribution in [-0.2, 0) is 0 Å². The normalized spacial score (nSPS) is 11.2. The van der Waals surface area contributed by atoms with Gasteiger partial charge in [-0.15, -0.1) is 0 Å². The fourth-order valence-electron chi connectivity index (χ4n) is 0.316. The molecule has 0 aromatic carbocycles. The lowest BCUT2D eigenvalue weighted by atomic mass is 10.9. The van der Waals surface area contributed by atoms with Gasteiger partial charge in [-0.2, -0.15) is 0 Å². The van der Waals surface area contributed by atoms with Crippen LogP contribution in [0.15, 0.2) is 0 Å². The standard InChI is InChI=1S/C5H15N2Si/c1-7(2)5-6-8(3)4/h6H,5H2,1-4H3. The molecule has 0 atom stereocenters. The molecule has 0 amide bonds.